The molecule has 1 aromatic rings. The molecular formula is C11H15N5O4. The highest BCUT2D eigenvalue weighted by Gasteiger charge is 2.28. The summed E-state index contributed by atoms with van der Waals surface area (Å²) in [5.41, 5.74) is 5.32. The number of nitrogens with two attached hydrogens (primary N) is 1. The first-order valence-corrected chi connectivity index (χ1v) is 6.05. The Kier molecular flexibility index (Phi) is 3.59. The number of aromatic nitrogens is 1. The van der Waals surface area contributed by atoms with Crippen molar-refractivity contribution >= 4 is 23.4 Å². The second kappa shape index (κ2) is 5.19. The van der Waals surface area contributed by atoms with Gasteiger partial charge in [0.25, 0.3) is 0 Å². The molecule has 1 aromatic heterocycles. The summed E-state index contributed by atoms with van der Waals surface area (Å²) in [5, 5.41) is 19.7. The Bertz CT molecular complexity index is 550. The zero-order valence-corrected chi connectivity index (χ0v) is 10.9. The van der Waals surface area contributed by atoms with Gasteiger partial charge in [-0.3, -0.25) is 10.1 Å². The molecule has 1 fully saturated rings. The molecule has 0 saturated carbocycles. The van der Waals surface area contributed by atoms with E-state index in [0.717, 1.165) is 0 Å². The number of nitrogen functional groups attached to an aromatic ring is 1. The lowest BCUT2D eigenvalue weighted by Gasteiger charge is -2.38. The van der Waals surface area contributed by atoms with E-state index in [-0.39, 0.29) is 17.5 Å². The number of hydrogen-bond donors (Lipinski definition) is 2. The van der Waals surface area contributed by atoms with E-state index in [9.17, 15) is 14.9 Å². The summed E-state index contributed by atoms with van der Waals surface area (Å²) in [5.74, 6) is 0.380. The highest BCUT2D eigenvalue weighted by Crippen LogP contribution is 2.24. The van der Waals surface area contributed by atoms with E-state index in [0.29, 0.717) is 25.5 Å². The van der Waals surface area contributed by atoms with Gasteiger partial charge in [-0.05, 0) is 13.0 Å². The van der Waals surface area contributed by atoms with Crippen molar-refractivity contribution in [1.29, 1.82) is 0 Å². The zero-order chi connectivity index (χ0) is 14.9. The van der Waals surface area contributed by atoms with Gasteiger partial charge in [0.15, 0.2) is 0 Å². The summed E-state index contributed by atoms with van der Waals surface area (Å²) in [6.45, 7) is 3.10. The van der Waals surface area contributed by atoms with Crippen molar-refractivity contribution < 1.29 is 14.8 Å². The van der Waals surface area contributed by atoms with Gasteiger partial charge >= 0.3 is 11.8 Å². The fraction of sp³-hybridized carbons (Fsp3) is 0.455. The van der Waals surface area contributed by atoms with Crippen LogP contribution in [0.5, 0.6) is 0 Å². The largest absolute Gasteiger partial charge is 0.465 e. The van der Waals surface area contributed by atoms with Crippen LogP contribution in [0, 0.1) is 10.1 Å². The molecule has 1 atom stereocenters. The fourth-order valence-corrected chi connectivity index (χ4v) is 2.24. The predicted molar refractivity (Wildman–Crippen MR) is 71.7 cm³/mol. The van der Waals surface area contributed by atoms with E-state index in [2.05, 4.69) is 4.98 Å². The van der Waals surface area contributed by atoms with Gasteiger partial charge in [-0.2, -0.15) is 0 Å². The molecule has 0 spiro atoms. The molecule has 0 radical (unpaired) electrons. The first-order chi connectivity index (χ1) is 9.40. The number of rotatable bonds is 2. The molecule has 0 bridgehead atoms. The maximum atomic E-state index is 11.0. The van der Waals surface area contributed by atoms with E-state index in [1.165, 1.54) is 17.0 Å². The minimum atomic E-state index is -0.951. The van der Waals surface area contributed by atoms with Gasteiger partial charge in [0.05, 0.1) is 4.92 Å². The third-order valence-electron chi connectivity index (χ3n) is 3.28. The minimum Gasteiger partial charge on any atom is -0.465 e. The van der Waals surface area contributed by atoms with Crippen LogP contribution in [0.2, 0.25) is 0 Å². The van der Waals surface area contributed by atoms with E-state index < -0.39 is 11.0 Å². The number of nitro groups is 1. The first-order valence-electron chi connectivity index (χ1n) is 6.05. The lowest BCUT2D eigenvalue weighted by molar-refractivity contribution is -0.384. The molecule has 0 aliphatic carbocycles. The van der Waals surface area contributed by atoms with Crippen molar-refractivity contribution in [2.45, 2.75) is 13.0 Å². The van der Waals surface area contributed by atoms with Gasteiger partial charge < -0.3 is 20.6 Å². The number of amides is 1. The van der Waals surface area contributed by atoms with Crippen LogP contribution in [0.1, 0.15) is 6.92 Å². The number of piperazine rings is 1. The van der Waals surface area contributed by atoms with Crippen molar-refractivity contribution in [1.82, 2.24) is 9.88 Å². The zero-order valence-electron chi connectivity index (χ0n) is 10.9. The van der Waals surface area contributed by atoms with Crippen LogP contribution in [0.25, 0.3) is 0 Å². The topological polar surface area (TPSA) is 126 Å². The van der Waals surface area contributed by atoms with Crippen LogP contribution in [0.3, 0.4) is 0 Å². The Labute approximate surface area is 114 Å². The molecule has 1 saturated heterocycles. The second-order valence-electron chi connectivity index (χ2n) is 4.60. The summed E-state index contributed by atoms with van der Waals surface area (Å²) in [7, 11) is 0. The molecule has 2 heterocycles. The average Bonchev–Trinajstić information content (AvgIpc) is 2.37. The smallest absolute Gasteiger partial charge is 0.407 e. The van der Waals surface area contributed by atoms with E-state index in [4.69, 9.17) is 10.8 Å². The Balaban J connectivity index is 2.16. The van der Waals surface area contributed by atoms with Crippen LogP contribution in [0.15, 0.2) is 12.1 Å². The van der Waals surface area contributed by atoms with Gasteiger partial charge in [0.2, 0.25) is 5.82 Å². The SMILES string of the molecule is C[C@@H]1CN(c2ccc([N+](=O)[O-])c(N)n2)CCN1C(=O)O. The standard InChI is InChI=1S/C11H15N5O4/c1-7-6-14(4-5-15(7)11(17)18)9-3-2-8(16(19)20)10(12)13-9/h2-3,7H,4-6H2,1H3,(H2,12,13)(H,17,18)/t7-/m1/s1. The summed E-state index contributed by atoms with van der Waals surface area (Å²) in [4.78, 5) is 28.3. The summed E-state index contributed by atoms with van der Waals surface area (Å²) in [6.07, 6.45) is -0.951. The minimum absolute atomic E-state index is 0.138. The van der Waals surface area contributed by atoms with Gasteiger partial charge in [-0.15, -0.1) is 0 Å². The third-order valence-corrected chi connectivity index (χ3v) is 3.28. The molecule has 0 aromatic carbocycles. The molecule has 2 rings (SSSR count). The molecule has 3 N–H and O–H groups in total. The molecule has 20 heavy (non-hydrogen) atoms. The molecule has 1 aliphatic rings. The maximum absolute atomic E-state index is 11.0. The Hall–Kier alpha value is -2.58. The Morgan fingerprint density at radius 3 is 2.75 bits per heavy atom. The summed E-state index contributed by atoms with van der Waals surface area (Å²) >= 11 is 0. The molecule has 108 valence electrons. The van der Waals surface area contributed by atoms with Gasteiger partial charge in [-0.1, -0.05) is 0 Å². The van der Waals surface area contributed by atoms with Crippen LogP contribution >= 0.6 is 0 Å². The molecule has 9 nitrogen and oxygen atoms in total. The predicted octanol–water partition coefficient (Wildman–Crippen LogP) is 0.760. The van der Waals surface area contributed by atoms with E-state index >= 15 is 0 Å². The number of nitrogens with zero attached hydrogens (tertiary/aromatic N) is 4. The average molecular weight is 281 g/mol. The lowest BCUT2D eigenvalue weighted by atomic mass is 10.2. The maximum Gasteiger partial charge on any atom is 0.407 e. The number of pyridine rings is 1. The number of carboxylic acid groups (broad SMARTS) is 1. The van der Waals surface area contributed by atoms with Crippen molar-refractivity contribution in [3.63, 3.8) is 0 Å². The van der Waals surface area contributed by atoms with Crippen molar-refractivity contribution in [2.24, 2.45) is 0 Å². The second-order valence-corrected chi connectivity index (χ2v) is 4.60. The van der Waals surface area contributed by atoms with E-state index in [1.54, 1.807) is 6.92 Å². The van der Waals surface area contributed by atoms with E-state index in [1.807, 2.05) is 4.90 Å². The molecular weight excluding hydrogens is 266 g/mol. The molecule has 1 aliphatic heterocycles. The van der Waals surface area contributed by atoms with Crippen LogP contribution < -0.4 is 10.6 Å². The van der Waals surface area contributed by atoms with Crippen molar-refractivity contribution in [2.75, 3.05) is 30.3 Å². The van der Waals surface area contributed by atoms with Crippen LogP contribution in [-0.2, 0) is 0 Å². The number of hydrogen-bond acceptors (Lipinski definition) is 6. The van der Waals surface area contributed by atoms with Gasteiger partial charge in [0.1, 0.15) is 5.82 Å². The van der Waals surface area contributed by atoms with Crippen LogP contribution in [-0.4, -0.2) is 51.7 Å². The van der Waals surface area contributed by atoms with Crippen LogP contribution in [0.4, 0.5) is 22.1 Å². The summed E-state index contributed by atoms with van der Waals surface area (Å²) < 4.78 is 0. The lowest BCUT2D eigenvalue weighted by Crippen LogP contribution is -2.53. The molecule has 0 unspecified atom stereocenters. The van der Waals surface area contributed by atoms with Gasteiger partial charge in [0, 0.05) is 31.7 Å². The molecule has 9 heteroatoms. The first kappa shape index (κ1) is 13.8. The Morgan fingerprint density at radius 2 is 2.25 bits per heavy atom. The monoisotopic (exact) mass is 281 g/mol. The normalized spacial score (nSPS) is 18.9. The third kappa shape index (κ3) is 2.56. The molecule has 1 amide bonds. The highest BCUT2D eigenvalue weighted by atomic mass is 16.6. The summed E-state index contributed by atoms with van der Waals surface area (Å²) in [6, 6.07) is 2.66. The number of carbonyl (C=O) groups is 1. The Morgan fingerprint density at radius 1 is 1.55 bits per heavy atom. The quantitative estimate of drug-likeness (QED) is 0.605. The fourth-order valence-electron chi connectivity index (χ4n) is 2.24. The number of anilines is 2. The van der Waals surface area contributed by atoms with Gasteiger partial charge in [-0.25, -0.2) is 9.78 Å². The highest BCUT2D eigenvalue weighted by molar-refractivity contribution is 5.66. The van der Waals surface area contributed by atoms with Crippen molar-refractivity contribution in [3.8, 4) is 0 Å². The van der Waals surface area contributed by atoms with Crippen molar-refractivity contribution in [3.05, 3.63) is 22.2 Å².